The van der Waals surface area contributed by atoms with E-state index in [2.05, 4.69) is 53.4 Å². The molecule has 0 aliphatic carbocycles. The van der Waals surface area contributed by atoms with Crippen molar-refractivity contribution in [2.45, 2.75) is 38.9 Å². The molecule has 1 aliphatic rings. The molecule has 1 atom stereocenters. The van der Waals surface area contributed by atoms with Crippen molar-refractivity contribution >= 4 is 16.8 Å². The van der Waals surface area contributed by atoms with Crippen molar-refractivity contribution in [3.63, 3.8) is 0 Å². The van der Waals surface area contributed by atoms with Crippen molar-refractivity contribution in [2.24, 2.45) is 0 Å². The Kier molecular flexibility index (Phi) is 5.71. The molecule has 25 heavy (non-hydrogen) atoms. The smallest absolute Gasteiger partial charge is 0.221 e. The van der Waals surface area contributed by atoms with Crippen molar-refractivity contribution in [1.82, 2.24) is 24.9 Å². The molecular weight excluding hydrogens is 314 g/mol. The molecule has 1 fully saturated rings. The number of benzene rings is 1. The monoisotopic (exact) mass is 343 g/mol. The highest BCUT2D eigenvalue weighted by molar-refractivity contribution is 5.83. The van der Waals surface area contributed by atoms with E-state index < -0.39 is 0 Å². The van der Waals surface area contributed by atoms with Crippen LogP contribution in [0.3, 0.4) is 0 Å². The van der Waals surface area contributed by atoms with Gasteiger partial charge in [0.05, 0.1) is 17.8 Å². The Morgan fingerprint density at radius 3 is 2.92 bits per heavy atom. The minimum atomic E-state index is 0.0910. The fourth-order valence-electron chi connectivity index (χ4n) is 3.57. The average molecular weight is 343 g/mol. The van der Waals surface area contributed by atoms with Gasteiger partial charge >= 0.3 is 0 Å². The summed E-state index contributed by atoms with van der Waals surface area (Å²) in [5.41, 5.74) is 2.07. The van der Waals surface area contributed by atoms with Gasteiger partial charge in [0.2, 0.25) is 5.91 Å². The van der Waals surface area contributed by atoms with E-state index in [1.807, 2.05) is 16.8 Å². The second-order valence-corrected chi connectivity index (χ2v) is 6.99. The largest absolute Gasteiger partial charge is 0.350 e. The third-order valence-corrected chi connectivity index (χ3v) is 5.17. The average Bonchev–Trinajstić information content (AvgIpc) is 3.21. The first kappa shape index (κ1) is 17.9. The second kappa shape index (κ2) is 7.97. The highest BCUT2D eigenvalue weighted by Crippen LogP contribution is 2.18. The molecule has 6 heteroatoms. The molecule has 6 nitrogen and oxygen atoms in total. The van der Waals surface area contributed by atoms with Crippen LogP contribution in [0.15, 0.2) is 24.3 Å². The molecule has 1 aromatic carbocycles. The Morgan fingerprint density at radius 2 is 2.20 bits per heavy atom. The van der Waals surface area contributed by atoms with E-state index in [1.165, 1.54) is 6.42 Å². The number of nitrogens with one attached hydrogen (secondary N) is 1. The van der Waals surface area contributed by atoms with Crippen LogP contribution in [0.5, 0.6) is 0 Å². The number of fused-ring (bicyclic) bond motifs is 1. The van der Waals surface area contributed by atoms with Crippen LogP contribution in [-0.4, -0.2) is 65.3 Å². The maximum Gasteiger partial charge on any atom is 0.221 e. The van der Waals surface area contributed by atoms with Crippen LogP contribution in [0, 0.1) is 0 Å². The van der Waals surface area contributed by atoms with E-state index in [9.17, 15) is 4.79 Å². The maximum atomic E-state index is 12.2. The van der Waals surface area contributed by atoms with Gasteiger partial charge in [-0.15, -0.1) is 0 Å². The summed E-state index contributed by atoms with van der Waals surface area (Å²) in [6.45, 7) is 6.44. The fourth-order valence-corrected chi connectivity index (χ4v) is 3.57. The van der Waals surface area contributed by atoms with Crippen molar-refractivity contribution in [3.8, 4) is 0 Å². The first-order chi connectivity index (χ1) is 12.1. The molecule has 3 rings (SSSR count). The number of hydrogen-bond donors (Lipinski definition) is 1. The van der Waals surface area contributed by atoms with Crippen LogP contribution in [0.4, 0.5) is 0 Å². The Morgan fingerprint density at radius 1 is 1.40 bits per heavy atom. The Bertz CT molecular complexity index is 726. The molecule has 1 amide bonds. The third-order valence-electron chi connectivity index (χ3n) is 5.17. The van der Waals surface area contributed by atoms with Gasteiger partial charge in [-0.1, -0.05) is 18.2 Å². The number of rotatable bonds is 7. The van der Waals surface area contributed by atoms with Crippen molar-refractivity contribution in [2.75, 3.05) is 33.7 Å². The van der Waals surface area contributed by atoms with Gasteiger partial charge < -0.3 is 15.1 Å². The number of amides is 1. The number of hydrogen-bond acceptors (Lipinski definition) is 4. The topological polar surface area (TPSA) is 53.4 Å². The third kappa shape index (κ3) is 4.19. The number of likely N-dealkylation sites (N-methyl/N-ethyl adjacent to an activating group) is 2. The van der Waals surface area contributed by atoms with Gasteiger partial charge in [0.15, 0.2) is 0 Å². The molecule has 0 spiro atoms. The van der Waals surface area contributed by atoms with E-state index in [0.717, 1.165) is 42.8 Å². The zero-order valence-corrected chi connectivity index (χ0v) is 15.5. The predicted molar refractivity (Wildman–Crippen MR) is 100 cm³/mol. The molecule has 0 saturated carbocycles. The Labute approximate surface area is 149 Å². The van der Waals surface area contributed by atoms with Crippen LogP contribution in [-0.2, 0) is 17.9 Å². The summed E-state index contributed by atoms with van der Waals surface area (Å²) in [5, 5.41) is 8.78. The molecule has 1 aromatic heterocycles. The molecule has 1 aliphatic heterocycles. The van der Waals surface area contributed by atoms with E-state index in [4.69, 9.17) is 0 Å². The number of carbonyl (C=O) groups excluding carboxylic acids is 1. The molecule has 1 saturated heterocycles. The number of aromatic nitrogens is 2. The lowest BCUT2D eigenvalue weighted by molar-refractivity contribution is -0.121. The van der Waals surface area contributed by atoms with Gasteiger partial charge in [-0.05, 0) is 40.1 Å². The summed E-state index contributed by atoms with van der Waals surface area (Å²) >= 11 is 0. The molecule has 0 unspecified atom stereocenters. The van der Waals surface area contributed by atoms with Crippen LogP contribution in [0.1, 0.15) is 25.5 Å². The van der Waals surface area contributed by atoms with E-state index in [-0.39, 0.29) is 5.91 Å². The molecule has 2 heterocycles. The zero-order valence-electron chi connectivity index (χ0n) is 15.5. The number of para-hydroxylation sites is 1. The number of carbonyl (C=O) groups is 1. The van der Waals surface area contributed by atoms with Gasteiger partial charge in [-0.2, -0.15) is 5.10 Å². The normalized spacial score (nSPS) is 18.3. The van der Waals surface area contributed by atoms with Crippen LogP contribution < -0.4 is 5.32 Å². The molecule has 2 aromatic rings. The summed E-state index contributed by atoms with van der Waals surface area (Å²) in [6, 6.07) is 8.75. The van der Waals surface area contributed by atoms with Gasteiger partial charge in [0.1, 0.15) is 0 Å². The second-order valence-electron chi connectivity index (χ2n) is 6.99. The highest BCUT2D eigenvalue weighted by atomic mass is 16.1. The summed E-state index contributed by atoms with van der Waals surface area (Å²) in [5.74, 6) is 0.0910. The Balaban J connectivity index is 1.51. The number of nitrogens with zero attached hydrogens (tertiary/aromatic N) is 4. The van der Waals surface area contributed by atoms with Crippen LogP contribution in [0.25, 0.3) is 10.9 Å². The fraction of sp³-hybridized carbons (Fsp3) is 0.579. The minimum Gasteiger partial charge on any atom is -0.350 e. The Hall–Kier alpha value is -1.92. The van der Waals surface area contributed by atoms with E-state index in [0.29, 0.717) is 19.0 Å². The van der Waals surface area contributed by atoms with Gasteiger partial charge in [0, 0.05) is 37.5 Å². The summed E-state index contributed by atoms with van der Waals surface area (Å²) in [4.78, 5) is 16.9. The number of likely N-dealkylation sites (tertiary alicyclic amines) is 1. The zero-order chi connectivity index (χ0) is 17.8. The van der Waals surface area contributed by atoms with Crippen molar-refractivity contribution in [1.29, 1.82) is 0 Å². The van der Waals surface area contributed by atoms with E-state index in [1.54, 1.807) is 0 Å². The SMILES string of the molecule is CCn1nc(CNC(=O)CCN(C)[C@@H]2CCN(C)C2)c2ccccc21. The van der Waals surface area contributed by atoms with Gasteiger partial charge in [-0.25, -0.2) is 0 Å². The lowest BCUT2D eigenvalue weighted by Crippen LogP contribution is -2.36. The van der Waals surface area contributed by atoms with Crippen LogP contribution >= 0.6 is 0 Å². The molecule has 0 bridgehead atoms. The van der Waals surface area contributed by atoms with Gasteiger partial charge in [0.25, 0.3) is 0 Å². The predicted octanol–water partition coefficient (Wildman–Crippen LogP) is 1.70. The molecule has 0 radical (unpaired) electrons. The lowest BCUT2D eigenvalue weighted by atomic mass is 10.2. The molecule has 1 N–H and O–H groups in total. The maximum absolute atomic E-state index is 12.2. The standard InChI is InChI=1S/C19H29N5O/c1-4-24-18-8-6-5-7-16(18)17(21-24)13-20-19(25)10-12-23(3)15-9-11-22(2)14-15/h5-8,15H,4,9-14H2,1-3H3,(H,20,25)/t15-/m1/s1. The quantitative estimate of drug-likeness (QED) is 0.831. The minimum absolute atomic E-state index is 0.0910. The highest BCUT2D eigenvalue weighted by Gasteiger charge is 2.23. The molecule has 136 valence electrons. The van der Waals surface area contributed by atoms with Crippen molar-refractivity contribution < 1.29 is 4.79 Å². The summed E-state index contributed by atoms with van der Waals surface area (Å²) in [6.07, 6.45) is 1.72. The molecular formula is C19H29N5O. The van der Waals surface area contributed by atoms with Crippen molar-refractivity contribution in [3.05, 3.63) is 30.0 Å². The van der Waals surface area contributed by atoms with Gasteiger partial charge in [-0.3, -0.25) is 9.48 Å². The first-order valence-corrected chi connectivity index (χ1v) is 9.18. The number of aryl methyl sites for hydroxylation is 1. The van der Waals surface area contributed by atoms with Crippen LogP contribution in [0.2, 0.25) is 0 Å². The first-order valence-electron chi connectivity index (χ1n) is 9.18. The summed E-state index contributed by atoms with van der Waals surface area (Å²) < 4.78 is 1.99. The van der Waals surface area contributed by atoms with E-state index >= 15 is 0 Å². The summed E-state index contributed by atoms with van der Waals surface area (Å²) in [7, 11) is 4.27. The lowest BCUT2D eigenvalue weighted by Gasteiger charge is -2.23.